The third kappa shape index (κ3) is 5.45. The second-order valence-electron chi connectivity index (χ2n) is 6.18. The molecule has 138 valence electrons. The van der Waals surface area contributed by atoms with Gasteiger partial charge in [-0.15, -0.1) is 0 Å². The number of benzene rings is 1. The first-order valence-electron chi connectivity index (χ1n) is 7.95. The number of morpholine rings is 1. The Morgan fingerprint density at radius 1 is 1.40 bits per heavy atom. The summed E-state index contributed by atoms with van der Waals surface area (Å²) in [7, 11) is 0. The fourth-order valence-electron chi connectivity index (χ4n) is 2.86. The maximum absolute atomic E-state index is 12.8. The number of carbonyl (C=O) groups is 2. The van der Waals surface area contributed by atoms with Crippen LogP contribution in [0.1, 0.15) is 24.5 Å². The highest BCUT2D eigenvalue weighted by Gasteiger charge is 2.31. The lowest BCUT2D eigenvalue weighted by Gasteiger charge is -2.34. The number of aliphatic carboxylic acids is 1. The minimum Gasteiger partial charge on any atom is -0.481 e. The molecule has 2 rings (SSSR count). The molecule has 1 N–H and O–H groups in total. The number of carboxylic acid groups (broad SMARTS) is 1. The van der Waals surface area contributed by atoms with Gasteiger partial charge in [0.1, 0.15) is 0 Å². The smallest absolute Gasteiger partial charge is 0.416 e. The zero-order valence-corrected chi connectivity index (χ0v) is 13.8. The van der Waals surface area contributed by atoms with Crippen molar-refractivity contribution < 1.29 is 32.6 Å². The SMILES string of the molecule is C[C@H](Cc1cccc(C(F)(F)F)c1)C(=O)N1CCO[C@H](CC(=O)O)C1. The van der Waals surface area contributed by atoms with Gasteiger partial charge < -0.3 is 14.7 Å². The first-order chi connectivity index (χ1) is 11.7. The molecule has 1 saturated heterocycles. The van der Waals surface area contributed by atoms with Crippen LogP contribution >= 0.6 is 0 Å². The van der Waals surface area contributed by atoms with E-state index in [0.717, 1.165) is 12.1 Å². The molecule has 2 atom stereocenters. The normalized spacial score (nSPS) is 19.5. The highest BCUT2D eigenvalue weighted by atomic mass is 19.4. The summed E-state index contributed by atoms with van der Waals surface area (Å²) in [5.74, 6) is -1.72. The van der Waals surface area contributed by atoms with Crippen molar-refractivity contribution in [3.8, 4) is 0 Å². The molecule has 0 radical (unpaired) electrons. The van der Waals surface area contributed by atoms with Gasteiger partial charge >= 0.3 is 12.1 Å². The molecule has 0 saturated carbocycles. The van der Waals surface area contributed by atoms with E-state index in [-0.39, 0.29) is 31.9 Å². The molecule has 1 heterocycles. The fraction of sp³-hybridized carbons (Fsp3) is 0.529. The topological polar surface area (TPSA) is 66.8 Å². The number of hydrogen-bond acceptors (Lipinski definition) is 3. The van der Waals surface area contributed by atoms with Gasteiger partial charge in [0.25, 0.3) is 0 Å². The van der Waals surface area contributed by atoms with Crippen molar-refractivity contribution in [3.63, 3.8) is 0 Å². The van der Waals surface area contributed by atoms with Crippen molar-refractivity contribution >= 4 is 11.9 Å². The Morgan fingerprint density at radius 3 is 2.76 bits per heavy atom. The van der Waals surface area contributed by atoms with Gasteiger partial charge in [-0.25, -0.2) is 0 Å². The first kappa shape index (κ1) is 19.2. The third-order valence-electron chi connectivity index (χ3n) is 4.07. The van der Waals surface area contributed by atoms with Crippen molar-refractivity contribution in [2.75, 3.05) is 19.7 Å². The zero-order chi connectivity index (χ0) is 18.6. The van der Waals surface area contributed by atoms with Crippen LogP contribution in [0.4, 0.5) is 13.2 Å². The predicted octanol–water partition coefficient (Wildman–Crippen LogP) is 2.59. The van der Waals surface area contributed by atoms with Crippen LogP contribution in [-0.2, 0) is 26.9 Å². The van der Waals surface area contributed by atoms with Gasteiger partial charge in [-0.3, -0.25) is 9.59 Å². The molecule has 5 nitrogen and oxygen atoms in total. The molecule has 1 aliphatic heterocycles. The van der Waals surface area contributed by atoms with Gasteiger partial charge in [0, 0.05) is 19.0 Å². The minimum absolute atomic E-state index is 0.179. The van der Waals surface area contributed by atoms with E-state index in [9.17, 15) is 22.8 Å². The maximum Gasteiger partial charge on any atom is 0.416 e. The number of nitrogens with zero attached hydrogens (tertiary/aromatic N) is 1. The number of amides is 1. The molecule has 1 amide bonds. The first-order valence-corrected chi connectivity index (χ1v) is 7.95. The molecule has 25 heavy (non-hydrogen) atoms. The molecule has 1 aromatic rings. The van der Waals surface area contributed by atoms with Crippen molar-refractivity contribution in [2.45, 2.75) is 32.0 Å². The molecule has 8 heteroatoms. The predicted molar refractivity (Wildman–Crippen MR) is 82.9 cm³/mol. The van der Waals surface area contributed by atoms with Crippen LogP contribution in [0.2, 0.25) is 0 Å². The molecule has 0 aliphatic carbocycles. The van der Waals surface area contributed by atoms with Crippen LogP contribution in [0, 0.1) is 5.92 Å². The lowest BCUT2D eigenvalue weighted by Crippen LogP contribution is -2.48. The summed E-state index contributed by atoms with van der Waals surface area (Å²) in [5, 5.41) is 8.81. The van der Waals surface area contributed by atoms with Gasteiger partial charge in [-0.1, -0.05) is 25.1 Å². The van der Waals surface area contributed by atoms with Gasteiger partial charge in [-0.05, 0) is 18.1 Å². The number of halogens is 3. The Morgan fingerprint density at radius 2 is 2.12 bits per heavy atom. The Kier molecular flexibility index (Phi) is 6.05. The molecule has 0 spiro atoms. The van der Waals surface area contributed by atoms with E-state index in [1.165, 1.54) is 11.0 Å². The number of carbonyl (C=O) groups excluding carboxylic acids is 1. The average Bonchev–Trinajstić information content (AvgIpc) is 2.53. The van der Waals surface area contributed by atoms with Crippen LogP contribution < -0.4 is 0 Å². The molecule has 1 fully saturated rings. The molecule has 1 aliphatic rings. The monoisotopic (exact) mass is 359 g/mol. The van der Waals surface area contributed by atoms with Crippen LogP contribution in [0.3, 0.4) is 0 Å². The largest absolute Gasteiger partial charge is 0.481 e. The summed E-state index contributed by atoms with van der Waals surface area (Å²) < 4.78 is 43.6. The number of carboxylic acids is 1. The summed E-state index contributed by atoms with van der Waals surface area (Å²) in [5.41, 5.74) is -0.302. The minimum atomic E-state index is -4.42. The molecular weight excluding hydrogens is 339 g/mol. The third-order valence-corrected chi connectivity index (χ3v) is 4.07. The van der Waals surface area contributed by atoms with Gasteiger partial charge in [-0.2, -0.15) is 13.2 Å². The second kappa shape index (κ2) is 7.86. The molecule has 1 aromatic carbocycles. The van der Waals surface area contributed by atoms with E-state index in [0.29, 0.717) is 12.1 Å². The van der Waals surface area contributed by atoms with E-state index in [1.54, 1.807) is 13.0 Å². The lowest BCUT2D eigenvalue weighted by atomic mass is 9.97. The van der Waals surface area contributed by atoms with E-state index in [2.05, 4.69) is 0 Å². The van der Waals surface area contributed by atoms with Crippen LogP contribution in [0.25, 0.3) is 0 Å². The standard InChI is InChI=1S/C17H20F3NO4/c1-11(7-12-3-2-4-13(8-12)17(18,19)20)16(24)21-5-6-25-14(10-21)9-15(22)23/h2-4,8,11,14H,5-7,9-10H2,1H3,(H,22,23)/t11-,14-/m1/s1. The van der Waals surface area contributed by atoms with Crippen molar-refractivity contribution in [2.24, 2.45) is 5.92 Å². The highest BCUT2D eigenvalue weighted by Crippen LogP contribution is 2.30. The Balaban J connectivity index is 1.99. The van der Waals surface area contributed by atoms with Gasteiger partial charge in [0.2, 0.25) is 5.91 Å². The lowest BCUT2D eigenvalue weighted by molar-refractivity contribution is -0.149. The summed E-state index contributed by atoms with van der Waals surface area (Å²) in [4.78, 5) is 24.8. The average molecular weight is 359 g/mol. The summed E-state index contributed by atoms with van der Waals surface area (Å²) in [6, 6.07) is 4.93. The highest BCUT2D eigenvalue weighted by molar-refractivity contribution is 5.79. The Labute approximate surface area is 143 Å². The van der Waals surface area contributed by atoms with Crippen LogP contribution in [0.5, 0.6) is 0 Å². The molecule has 0 aromatic heterocycles. The van der Waals surface area contributed by atoms with Crippen molar-refractivity contribution in [1.29, 1.82) is 0 Å². The van der Waals surface area contributed by atoms with Gasteiger partial charge in [0.15, 0.2) is 0 Å². The molecule has 0 bridgehead atoms. The van der Waals surface area contributed by atoms with Crippen molar-refractivity contribution in [3.05, 3.63) is 35.4 Å². The van der Waals surface area contributed by atoms with E-state index < -0.39 is 29.7 Å². The Bertz CT molecular complexity index is 633. The van der Waals surface area contributed by atoms with Crippen molar-refractivity contribution in [1.82, 2.24) is 4.90 Å². The number of hydrogen-bond donors (Lipinski definition) is 1. The van der Waals surface area contributed by atoms with Crippen LogP contribution in [0.15, 0.2) is 24.3 Å². The maximum atomic E-state index is 12.8. The van der Waals surface area contributed by atoms with E-state index >= 15 is 0 Å². The van der Waals surface area contributed by atoms with Crippen LogP contribution in [-0.4, -0.2) is 47.7 Å². The zero-order valence-electron chi connectivity index (χ0n) is 13.8. The number of ether oxygens (including phenoxy) is 1. The second-order valence-corrected chi connectivity index (χ2v) is 6.18. The van der Waals surface area contributed by atoms with Gasteiger partial charge in [0.05, 0.1) is 24.7 Å². The number of rotatable bonds is 5. The number of alkyl halides is 3. The molecule has 0 unspecified atom stereocenters. The fourth-order valence-corrected chi connectivity index (χ4v) is 2.86. The quantitative estimate of drug-likeness (QED) is 0.878. The molecular formula is C17H20F3NO4. The summed E-state index contributed by atoms with van der Waals surface area (Å²) in [6.07, 6.45) is -4.98. The van der Waals surface area contributed by atoms with E-state index in [1.807, 2.05) is 0 Å². The summed E-state index contributed by atoms with van der Waals surface area (Å²) >= 11 is 0. The summed E-state index contributed by atoms with van der Waals surface area (Å²) in [6.45, 7) is 2.43. The Hall–Kier alpha value is -2.09. The van der Waals surface area contributed by atoms with E-state index in [4.69, 9.17) is 9.84 Å².